The van der Waals surface area contributed by atoms with Crippen LogP contribution in [-0.4, -0.2) is 46.7 Å². The van der Waals surface area contributed by atoms with E-state index in [1.165, 1.54) is 0 Å². The van der Waals surface area contributed by atoms with Crippen LogP contribution in [0.25, 0.3) is 10.9 Å². The number of anilines is 1. The molecular weight excluding hydrogens is 342 g/mol. The standard InChI is InChI=1S/C20H23N5O2/c1-24-17-4-3-16(27-2)11-14(17)12-18(24)20(26)23-15-5-9-25(10-6-15)19-13-21-7-8-22-19/h3-4,7-8,11-13,15H,5-6,9-10H2,1-2H3,(H,23,26). The summed E-state index contributed by atoms with van der Waals surface area (Å²) in [5, 5.41) is 4.18. The van der Waals surface area contributed by atoms with E-state index in [0.717, 1.165) is 48.4 Å². The predicted octanol–water partition coefficient (Wildman–Crippen LogP) is 2.38. The van der Waals surface area contributed by atoms with Crippen molar-refractivity contribution in [3.63, 3.8) is 0 Å². The van der Waals surface area contributed by atoms with Crippen LogP contribution in [0.2, 0.25) is 0 Å². The molecule has 1 fully saturated rings. The highest BCUT2D eigenvalue weighted by Gasteiger charge is 2.23. The molecule has 0 atom stereocenters. The second-order valence-electron chi connectivity index (χ2n) is 6.81. The number of hydrogen-bond acceptors (Lipinski definition) is 5. The van der Waals surface area contributed by atoms with E-state index >= 15 is 0 Å². The van der Waals surface area contributed by atoms with Gasteiger partial charge in [-0.1, -0.05) is 0 Å². The third-order valence-electron chi connectivity index (χ3n) is 5.19. The molecule has 7 nitrogen and oxygen atoms in total. The fourth-order valence-corrected chi connectivity index (χ4v) is 3.64. The molecular formula is C20H23N5O2. The maximum Gasteiger partial charge on any atom is 0.268 e. The minimum atomic E-state index is -0.0365. The maximum atomic E-state index is 12.8. The van der Waals surface area contributed by atoms with Gasteiger partial charge in [0.15, 0.2) is 0 Å². The summed E-state index contributed by atoms with van der Waals surface area (Å²) in [6, 6.07) is 7.92. The minimum Gasteiger partial charge on any atom is -0.497 e. The fraction of sp³-hybridized carbons (Fsp3) is 0.350. The molecule has 1 N–H and O–H groups in total. The summed E-state index contributed by atoms with van der Waals surface area (Å²) in [5.74, 6) is 1.65. The number of ether oxygens (including phenoxy) is 1. The number of carbonyl (C=O) groups is 1. The van der Waals surface area contributed by atoms with E-state index in [1.807, 2.05) is 35.9 Å². The van der Waals surface area contributed by atoms with E-state index in [2.05, 4.69) is 20.2 Å². The Morgan fingerprint density at radius 3 is 2.74 bits per heavy atom. The van der Waals surface area contributed by atoms with Crippen molar-refractivity contribution in [1.29, 1.82) is 0 Å². The van der Waals surface area contributed by atoms with Gasteiger partial charge in [0.05, 0.1) is 13.3 Å². The molecule has 140 valence electrons. The molecule has 0 unspecified atom stereocenters. The van der Waals surface area contributed by atoms with Gasteiger partial charge in [-0.05, 0) is 37.1 Å². The van der Waals surface area contributed by atoms with Gasteiger partial charge in [0.25, 0.3) is 5.91 Å². The predicted molar refractivity (Wildman–Crippen MR) is 104 cm³/mol. The highest BCUT2D eigenvalue weighted by molar-refractivity contribution is 5.99. The van der Waals surface area contributed by atoms with Crippen molar-refractivity contribution < 1.29 is 9.53 Å². The average Bonchev–Trinajstić information content (AvgIpc) is 3.05. The zero-order chi connectivity index (χ0) is 18.8. The quantitative estimate of drug-likeness (QED) is 0.769. The highest BCUT2D eigenvalue weighted by atomic mass is 16.5. The van der Waals surface area contributed by atoms with Gasteiger partial charge < -0.3 is 19.5 Å². The summed E-state index contributed by atoms with van der Waals surface area (Å²) in [7, 11) is 3.56. The molecule has 0 aliphatic carbocycles. The molecule has 1 aromatic carbocycles. The molecule has 1 aliphatic rings. The van der Waals surface area contributed by atoms with Gasteiger partial charge in [-0.15, -0.1) is 0 Å². The first-order valence-electron chi connectivity index (χ1n) is 9.11. The maximum absolute atomic E-state index is 12.8. The molecule has 4 rings (SSSR count). The van der Waals surface area contributed by atoms with Gasteiger partial charge in [0.1, 0.15) is 17.3 Å². The number of benzene rings is 1. The molecule has 3 aromatic rings. The van der Waals surface area contributed by atoms with Gasteiger partial charge in [-0.25, -0.2) is 4.98 Å². The molecule has 0 radical (unpaired) electrons. The summed E-state index contributed by atoms with van der Waals surface area (Å²) in [4.78, 5) is 23.5. The highest BCUT2D eigenvalue weighted by Crippen LogP contribution is 2.24. The van der Waals surface area contributed by atoms with Gasteiger partial charge in [0, 0.05) is 49.5 Å². The molecule has 7 heteroatoms. The van der Waals surface area contributed by atoms with Crippen LogP contribution in [0.3, 0.4) is 0 Å². The van der Waals surface area contributed by atoms with E-state index in [0.29, 0.717) is 5.69 Å². The lowest BCUT2D eigenvalue weighted by Gasteiger charge is -2.32. The van der Waals surface area contributed by atoms with E-state index in [-0.39, 0.29) is 11.9 Å². The number of nitrogens with one attached hydrogen (secondary N) is 1. The van der Waals surface area contributed by atoms with Crippen LogP contribution >= 0.6 is 0 Å². The fourth-order valence-electron chi connectivity index (χ4n) is 3.64. The Labute approximate surface area is 158 Å². The lowest BCUT2D eigenvalue weighted by Crippen LogP contribution is -2.45. The number of aryl methyl sites for hydroxylation is 1. The molecule has 0 bridgehead atoms. The SMILES string of the molecule is COc1ccc2c(c1)cc(C(=O)NC1CCN(c3cnccn3)CC1)n2C. The topological polar surface area (TPSA) is 72.3 Å². The van der Waals surface area contributed by atoms with Crippen LogP contribution in [0.1, 0.15) is 23.3 Å². The van der Waals surface area contributed by atoms with E-state index in [4.69, 9.17) is 4.74 Å². The van der Waals surface area contributed by atoms with Crippen LogP contribution in [0.4, 0.5) is 5.82 Å². The first-order chi connectivity index (χ1) is 13.2. The zero-order valence-corrected chi connectivity index (χ0v) is 15.6. The normalized spacial score (nSPS) is 15.1. The average molecular weight is 365 g/mol. The zero-order valence-electron chi connectivity index (χ0n) is 15.6. The third kappa shape index (κ3) is 3.45. The molecule has 1 amide bonds. The number of methoxy groups -OCH3 is 1. The largest absolute Gasteiger partial charge is 0.497 e. The number of hydrogen-bond donors (Lipinski definition) is 1. The molecule has 1 saturated heterocycles. The Balaban J connectivity index is 1.43. The Kier molecular flexibility index (Phi) is 4.66. The summed E-state index contributed by atoms with van der Waals surface area (Å²) >= 11 is 0. The summed E-state index contributed by atoms with van der Waals surface area (Å²) < 4.78 is 7.21. The van der Waals surface area contributed by atoms with Crippen molar-refractivity contribution in [2.75, 3.05) is 25.1 Å². The van der Waals surface area contributed by atoms with Crippen molar-refractivity contribution in [2.45, 2.75) is 18.9 Å². The number of amides is 1. The molecule has 1 aliphatic heterocycles. The first kappa shape index (κ1) is 17.3. The smallest absolute Gasteiger partial charge is 0.268 e. The number of fused-ring (bicyclic) bond motifs is 1. The van der Waals surface area contributed by atoms with Crippen molar-refractivity contribution in [3.8, 4) is 5.75 Å². The second-order valence-corrected chi connectivity index (χ2v) is 6.81. The summed E-state index contributed by atoms with van der Waals surface area (Å²) in [6.45, 7) is 1.71. The Hall–Kier alpha value is -3.09. The van der Waals surface area contributed by atoms with Gasteiger partial charge in [0.2, 0.25) is 0 Å². The van der Waals surface area contributed by atoms with Crippen molar-refractivity contribution in [3.05, 3.63) is 48.5 Å². The van der Waals surface area contributed by atoms with Crippen molar-refractivity contribution >= 4 is 22.6 Å². The molecule has 0 spiro atoms. The third-order valence-corrected chi connectivity index (χ3v) is 5.19. The first-order valence-corrected chi connectivity index (χ1v) is 9.11. The van der Waals surface area contributed by atoms with Crippen LogP contribution in [0.15, 0.2) is 42.9 Å². The van der Waals surface area contributed by atoms with Crippen LogP contribution < -0.4 is 15.0 Å². The lowest BCUT2D eigenvalue weighted by molar-refractivity contribution is 0.0923. The van der Waals surface area contributed by atoms with Gasteiger partial charge in [-0.2, -0.15) is 0 Å². The van der Waals surface area contributed by atoms with E-state index in [9.17, 15) is 4.79 Å². The Morgan fingerprint density at radius 2 is 2.04 bits per heavy atom. The number of aromatic nitrogens is 3. The molecule has 3 heterocycles. The van der Waals surface area contributed by atoms with Crippen molar-refractivity contribution in [1.82, 2.24) is 19.9 Å². The van der Waals surface area contributed by atoms with Crippen LogP contribution in [-0.2, 0) is 7.05 Å². The van der Waals surface area contributed by atoms with E-state index < -0.39 is 0 Å². The van der Waals surface area contributed by atoms with Crippen molar-refractivity contribution in [2.24, 2.45) is 7.05 Å². The van der Waals surface area contributed by atoms with Crippen LogP contribution in [0.5, 0.6) is 5.75 Å². The van der Waals surface area contributed by atoms with Crippen LogP contribution in [0, 0.1) is 0 Å². The summed E-state index contributed by atoms with van der Waals surface area (Å²) in [6.07, 6.45) is 6.94. The monoisotopic (exact) mass is 365 g/mol. The minimum absolute atomic E-state index is 0.0365. The Bertz CT molecular complexity index is 946. The second kappa shape index (κ2) is 7.26. The lowest BCUT2D eigenvalue weighted by atomic mass is 10.0. The molecule has 2 aromatic heterocycles. The summed E-state index contributed by atoms with van der Waals surface area (Å²) in [5.41, 5.74) is 1.67. The number of rotatable bonds is 4. The van der Waals surface area contributed by atoms with Gasteiger partial charge in [-0.3, -0.25) is 9.78 Å². The van der Waals surface area contributed by atoms with Gasteiger partial charge >= 0.3 is 0 Å². The molecule has 27 heavy (non-hydrogen) atoms. The Morgan fingerprint density at radius 1 is 1.22 bits per heavy atom. The number of piperidine rings is 1. The number of nitrogens with zero attached hydrogens (tertiary/aromatic N) is 4. The number of carbonyl (C=O) groups excluding carboxylic acids is 1. The molecule has 0 saturated carbocycles. The van der Waals surface area contributed by atoms with E-state index in [1.54, 1.807) is 25.7 Å².